The van der Waals surface area contributed by atoms with E-state index in [1.807, 2.05) is 36.4 Å². The first-order valence-electron chi connectivity index (χ1n) is 8.82. The lowest BCUT2D eigenvalue weighted by molar-refractivity contribution is 0.285. The highest BCUT2D eigenvalue weighted by atomic mass is 32.2. The van der Waals surface area contributed by atoms with E-state index in [0.29, 0.717) is 10.7 Å². The maximum atomic E-state index is 12.2. The van der Waals surface area contributed by atoms with Crippen LogP contribution in [0.2, 0.25) is 0 Å². The van der Waals surface area contributed by atoms with Crippen LogP contribution < -0.4 is 20.5 Å². The molecule has 152 valence electrons. The Morgan fingerprint density at radius 3 is 2.60 bits per heavy atom. The summed E-state index contributed by atoms with van der Waals surface area (Å²) < 4.78 is 11.2. The summed E-state index contributed by atoms with van der Waals surface area (Å²) in [5.74, 6) is 0.358. The van der Waals surface area contributed by atoms with Gasteiger partial charge in [0.15, 0.2) is 16.7 Å². The van der Waals surface area contributed by atoms with E-state index in [9.17, 15) is 20.1 Å². The second kappa shape index (κ2) is 9.50. The van der Waals surface area contributed by atoms with Crippen molar-refractivity contribution < 1.29 is 19.5 Å². The van der Waals surface area contributed by atoms with Gasteiger partial charge in [0.25, 0.3) is 5.56 Å². The monoisotopic (exact) mass is 423 g/mol. The Bertz CT molecular complexity index is 1150. The van der Waals surface area contributed by atoms with Crippen molar-refractivity contribution in [3.63, 3.8) is 0 Å². The topological polar surface area (TPSA) is 128 Å². The van der Waals surface area contributed by atoms with Crippen LogP contribution in [-0.2, 0) is 6.61 Å². The van der Waals surface area contributed by atoms with E-state index >= 15 is 0 Å². The number of nitrogens with one attached hydrogen (secondary N) is 1. The first kappa shape index (κ1) is 21.5. The molecule has 0 fully saturated rings. The number of aromatic nitrogens is 2. The van der Waals surface area contributed by atoms with Crippen molar-refractivity contribution >= 4 is 24.3 Å². The highest BCUT2D eigenvalue weighted by Crippen LogP contribution is 2.32. The van der Waals surface area contributed by atoms with Gasteiger partial charge in [0, 0.05) is 11.0 Å². The van der Waals surface area contributed by atoms with Crippen LogP contribution in [0.1, 0.15) is 11.1 Å². The van der Waals surface area contributed by atoms with Crippen LogP contribution in [0, 0.1) is 11.3 Å². The van der Waals surface area contributed by atoms with Crippen molar-refractivity contribution in [3.05, 3.63) is 63.9 Å². The van der Waals surface area contributed by atoms with Gasteiger partial charge in [0.2, 0.25) is 0 Å². The lowest BCUT2D eigenvalue weighted by Gasteiger charge is -2.17. The molecule has 0 bridgehead atoms. The first-order chi connectivity index (χ1) is 14.5. The summed E-state index contributed by atoms with van der Waals surface area (Å²) in [5, 5.41) is 29.6. The molecule has 0 radical (unpaired) electrons. The van der Waals surface area contributed by atoms with Gasteiger partial charge in [-0.15, -0.1) is 0 Å². The van der Waals surface area contributed by atoms with E-state index in [4.69, 9.17) is 9.47 Å². The minimum atomic E-state index is -1.88. The number of methoxy groups -OCH3 is 1. The van der Waals surface area contributed by atoms with Gasteiger partial charge in [-0.25, -0.2) is 4.98 Å². The van der Waals surface area contributed by atoms with Crippen LogP contribution in [-0.4, -0.2) is 40.5 Å². The fraction of sp³-hybridized carbons (Fsp3) is 0.150. The van der Waals surface area contributed by atoms with Crippen LogP contribution in [0.25, 0.3) is 11.3 Å². The number of aromatic amines is 1. The molecule has 0 atom stereocenters. The Hall–Kier alpha value is -3.26. The summed E-state index contributed by atoms with van der Waals surface area (Å²) in [6, 6.07) is 14.2. The van der Waals surface area contributed by atoms with Gasteiger partial charge in [-0.1, -0.05) is 42.1 Å². The third kappa shape index (κ3) is 4.49. The Kier molecular flexibility index (Phi) is 6.79. The molecule has 8 nitrogen and oxygen atoms in total. The third-order valence-electron chi connectivity index (χ3n) is 4.28. The zero-order valence-corrected chi connectivity index (χ0v) is 17.1. The highest BCUT2D eigenvalue weighted by Gasteiger charge is 2.25. The molecule has 0 aliphatic rings. The fourth-order valence-electron chi connectivity index (χ4n) is 2.85. The van der Waals surface area contributed by atoms with E-state index in [-0.39, 0.29) is 34.8 Å². The number of hydrogen-bond donors (Lipinski definition) is 3. The third-order valence-corrected chi connectivity index (χ3v) is 4.86. The van der Waals surface area contributed by atoms with E-state index in [0.717, 1.165) is 5.56 Å². The largest absolute Gasteiger partial charge is 0.493 e. The summed E-state index contributed by atoms with van der Waals surface area (Å²) in [4.78, 5) is 19.1. The molecule has 10 heteroatoms. The number of H-pyrrole nitrogens is 1. The number of ether oxygens (including phenoxy) is 2. The molecule has 0 saturated carbocycles. The van der Waals surface area contributed by atoms with Crippen molar-refractivity contribution in [2.24, 2.45) is 0 Å². The van der Waals surface area contributed by atoms with Gasteiger partial charge in [0.05, 0.1) is 12.8 Å². The molecule has 0 aliphatic heterocycles. The second-order valence-corrected chi connectivity index (χ2v) is 6.95. The van der Waals surface area contributed by atoms with Crippen LogP contribution >= 0.6 is 11.8 Å². The predicted octanol–water partition coefficient (Wildman–Crippen LogP) is 1.30. The summed E-state index contributed by atoms with van der Waals surface area (Å²) in [6.07, 6.45) is 1.73. The van der Waals surface area contributed by atoms with Crippen molar-refractivity contribution in [2.45, 2.75) is 11.8 Å². The maximum Gasteiger partial charge on any atom is 0.492 e. The Balaban J connectivity index is 2.13. The van der Waals surface area contributed by atoms with Gasteiger partial charge in [-0.3, -0.25) is 4.79 Å². The fourth-order valence-corrected chi connectivity index (χ4v) is 3.23. The van der Waals surface area contributed by atoms with Crippen molar-refractivity contribution in [1.82, 2.24) is 9.97 Å². The quantitative estimate of drug-likeness (QED) is 0.295. The van der Waals surface area contributed by atoms with Gasteiger partial charge in [0.1, 0.15) is 18.2 Å². The zero-order valence-electron chi connectivity index (χ0n) is 16.2. The van der Waals surface area contributed by atoms with Crippen molar-refractivity contribution in [1.29, 1.82) is 5.26 Å². The molecule has 3 N–H and O–H groups in total. The summed E-state index contributed by atoms with van der Waals surface area (Å²) in [6.45, 7) is 0.180. The molecule has 0 unspecified atom stereocenters. The van der Waals surface area contributed by atoms with Crippen LogP contribution in [0.4, 0.5) is 0 Å². The Morgan fingerprint density at radius 2 is 2.00 bits per heavy atom. The van der Waals surface area contributed by atoms with Gasteiger partial charge in [-0.2, -0.15) is 5.26 Å². The molecule has 0 spiro atoms. The normalized spacial score (nSPS) is 10.4. The smallest absolute Gasteiger partial charge is 0.492 e. The minimum absolute atomic E-state index is 0.0250. The minimum Gasteiger partial charge on any atom is -0.493 e. The van der Waals surface area contributed by atoms with E-state index < -0.39 is 12.7 Å². The molecule has 1 heterocycles. The molecule has 3 aromatic rings. The van der Waals surface area contributed by atoms with Crippen LogP contribution in [0.3, 0.4) is 0 Å². The van der Waals surface area contributed by atoms with Crippen molar-refractivity contribution in [3.8, 4) is 28.8 Å². The average molecular weight is 423 g/mol. The van der Waals surface area contributed by atoms with Gasteiger partial charge < -0.3 is 24.5 Å². The van der Waals surface area contributed by atoms with Crippen LogP contribution in [0.15, 0.2) is 52.4 Å². The van der Waals surface area contributed by atoms with Crippen molar-refractivity contribution in [2.75, 3.05) is 13.4 Å². The molecule has 3 rings (SSSR count). The number of rotatable bonds is 7. The molecule has 0 aliphatic carbocycles. The van der Waals surface area contributed by atoms with Gasteiger partial charge in [-0.05, 0) is 24.0 Å². The molecule has 2 aromatic carbocycles. The predicted molar refractivity (Wildman–Crippen MR) is 114 cm³/mol. The number of benzene rings is 2. The van der Waals surface area contributed by atoms with E-state index in [1.54, 1.807) is 12.3 Å². The Morgan fingerprint density at radius 1 is 1.27 bits per heavy atom. The van der Waals surface area contributed by atoms with Crippen LogP contribution in [0.5, 0.6) is 11.5 Å². The summed E-state index contributed by atoms with van der Waals surface area (Å²) in [5.41, 5.74) is 0.569. The molecular formula is C20H18BN3O5S. The van der Waals surface area contributed by atoms with E-state index in [2.05, 4.69) is 9.97 Å². The summed E-state index contributed by atoms with van der Waals surface area (Å²) >= 11 is 1.21. The number of thioether (sulfide) groups is 1. The highest BCUT2D eigenvalue weighted by molar-refractivity contribution is 7.98. The lowest BCUT2D eigenvalue weighted by atomic mass is 9.78. The van der Waals surface area contributed by atoms with Gasteiger partial charge >= 0.3 is 7.12 Å². The Labute approximate surface area is 177 Å². The first-order valence-corrected chi connectivity index (χ1v) is 10.0. The molecule has 30 heavy (non-hydrogen) atoms. The van der Waals surface area contributed by atoms with E-state index in [1.165, 1.54) is 24.9 Å². The maximum absolute atomic E-state index is 12.2. The lowest BCUT2D eigenvalue weighted by Crippen LogP contribution is -2.32. The molecule has 0 saturated heterocycles. The zero-order chi connectivity index (χ0) is 21.7. The standard InChI is InChI=1S/C20H18BN3O5S/c1-28-16-9-13(17-14(10-22)19(25)24-20(23-17)30-2)8-15(21(26)27)18(16)29-11-12-6-4-3-5-7-12/h3-9,26-27H,11H2,1-2H3,(H,23,24,25). The second-order valence-electron chi connectivity index (χ2n) is 6.16. The number of hydrogen-bond acceptors (Lipinski definition) is 8. The summed E-state index contributed by atoms with van der Waals surface area (Å²) in [7, 11) is -0.469. The molecule has 0 amide bonds. The molecular weight excluding hydrogens is 405 g/mol. The molecule has 1 aromatic heterocycles. The SMILES string of the molecule is COc1cc(-c2nc(SC)[nH]c(=O)c2C#N)cc(B(O)O)c1OCc1ccccc1. The number of nitriles is 1. The average Bonchev–Trinajstić information content (AvgIpc) is 2.77. The number of nitrogens with zero attached hydrogens (tertiary/aromatic N) is 2.